The van der Waals surface area contributed by atoms with Crippen LogP contribution < -0.4 is 10.7 Å². The molecule has 0 spiro atoms. The highest BCUT2D eigenvalue weighted by Crippen LogP contribution is 2.12. The van der Waals surface area contributed by atoms with Gasteiger partial charge in [0.2, 0.25) is 5.91 Å². The molecule has 0 aliphatic heterocycles. The van der Waals surface area contributed by atoms with Gasteiger partial charge >= 0.3 is 0 Å². The van der Waals surface area contributed by atoms with Crippen molar-refractivity contribution >= 4 is 22.6 Å². The molecule has 2 aromatic rings. The maximum Gasteiger partial charge on any atom is 0.275 e. The number of carbonyl (C=O) groups is 2. The van der Waals surface area contributed by atoms with Gasteiger partial charge in [-0.05, 0) is 6.07 Å². The number of benzene rings is 1. The molecular weight excluding hydrogens is 262 g/mol. The Hall–Kier alpha value is -2.70. The van der Waals surface area contributed by atoms with Crippen molar-refractivity contribution in [2.75, 3.05) is 14.1 Å². The predicted molar refractivity (Wildman–Crippen MR) is 69.0 cm³/mol. The van der Waals surface area contributed by atoms with Gasteiger partial charge in [-0.2, -0.15) is 5.10 Å². The number of likely N-dealkylation sites (N-methyl/N-ethyl adjacent to an activating group) is 1. The Morgan fingerprint density at radius 1 is 1.25 bits per heavy atom. The van der Waals surface area contributed by atoms with Crippen molar-refractivity contribution in [2.45, 2.75) is 6.54 Å². The number of aromatic nitrogens is 2. The fourth-order valence-corrected chi connectivity index (χ4v) is 1.76. The molecule has 104 valence electrons. The van der Waals surface area contributed by atoms with Gasteiger partial charge in [-0.1, -0.05) is 18.2 Å². The second-order valence-electron chi connectivity index (χ2n) is 4.43. The molecule has 0 aliphatic carbocycles. The zero-order chi connectivity index (χ0) is 14.9. The van der Waals surface area contributed by atoms with E-state index in [1.165, 1.54) is 31.1 Å². The molecule has 0 unspecified atom stereocenters. The Morgan fingerprint density at radius 3 is 2.40 bits per heavy atom. The van der Waals surface area contributed by atoms with Crippen LogP contribution in [-0.2, 0) is 11.3 Å². The molecule has 1 heterocycles. The third kappa shape index (κ3) is 2.37. The van der Waals surface area contributed by atoms with Crippen LogP contribution in [0.25, 0.3) is 10.8 Å². The van der Waals surface area contributed by atoms with Crippen molar-refractivity contribution in [1.82, 2.24) is 14.7 Å². The molecule has 0 fully saturated rings. The summed E-state index contributed by atoms with van der Waals surface area (Å²) in [4.78, 5) is 36.2. The first kappa shape index (κ1) is 13.7. The summed E-state index contributed by atoms with van der Waals surface area (Å²) in [5.41, 5.74) is -0.868. The van der Waals surface area contributed by atoms with E-state index < -0.39 is 11.5 Å². The van der Waals surface area contributed by atoms with Crippen LogP contribution in [0, 0.1) is 0 Å². The summed E-state index contributed by atoms with van der Waals surface area (Å²) < 4.78 is 0.843. The van der Waals surface area contributed by atoms with Gasteiger partial charge in [0.05, 0.1) is 11.4 Å². The number of hydrogen-bond acceptors (Lipinski definition) is 5. The molecule has 1 amide bonds. The maximum absolute atomic E-state index is 12.2. The highest BCUT2D eigenvalue weighted by atomic mass is 16.4. The lowest BCUT2D eigenvalue weighted by Crippen LogP contribution is -2.35. The molecule has 0 saturated heterocycles. The van der Waals surface area contributed by atoms with Crippen LogP contribution in [0.1, 0.15) is 10.5 Å². The van der Waals surface area contributed by atoms with Crippen LogP contribution in [0.2, 0.25) is 0 Å². The Bertz CT molecular complexity index is 749. The van der Waals surface area contributed by atoms with E-state index in [0.717, 1.165) is 4.68 Å². The number of aromatic carboxylic acids is 1. The standard InChI is InChI=1S/C13H13N3O4/c1-15(2)10(17)7-16-12(18)9-6-4-3-5-8(9)11(14-16)13(19)20/h3-6H,7H2,1-2H3,(H,19,20)/p-1. The van der Waals surface area contributed by atoms with E-state index in [1.807, 2.05) is 0 Å². The van der Waals surface area contributed by atoms with Crippen LogP contribution in [0.3, 0.4) is 0 Å². The van der Waals surface area contributed by atoms with Gasteiger partial charge in [0.15, 0.2) is 0 Å². The first-order valence-corrected chi connectivity index (χ1v) is 5.83. The molecule has 7 heteroatoms. The Labute approximate surface area is 114 Å². The van der Waals surface area contributed by atoms with Crippen LogP contribution in [0.15, 0.2) is 29.1 Å². The topological polar surface area (TPSA) is 95.3 Å². The van der Waals surface area contributed by atoms with E-state index >= 15 is 0 Å². The van der Waals surface area contributed by atoms with Gasteiger partial charge in [-0.3, -0.25) is 9.59 Å². The number of carboxylic acids is 1. The average molecular weight is 274 g/mol. The van der Waals surface area contributed by atoms with Crippen molar-refractivity contribution in [3.05, 3.63) is 40.3 Å². The molecule has 0 atom stereocenters. The number of nitrogens with zero attached hydrogens (tertiary/aromatic N) is 3. The number of amides is 1. The summed E-state index contributed by atoms with van der Waals surface area (Å²) >= 11 is 0. The molecule has 1 aromatic heterocycles. The summed E-state index contributed by atoms with van der Waals surface area (Å²) in [6.45, 7) is -0.322. The monoisotopic (exact) mass is 274 g/mol. The zero-order valence-corrected chi connectivity index (χ0v) is 11.0. The van der Waals surface area contributed by atoms with Gasteiger partial charge < -0.3 is 14.8 Å². The minimum atomic E-state index is -1.49. The van der Waals surface area contributed by atoms with Crippen LogP contribution in [0.4, 0.5) is 0 Å². The van der Waals surface area contributed by atoms with Crippen molar-refractivity contribution in [2.24, 2.45) is 0 Å². The molecular formula is C13H12N3O4-. The van der Waals surface area contributed by atoms with Crippen LogP contribution in [-0.4, -0.2) is 40.7 Å². The largest absolute Gasteiger partial charge is 0.543 e. The van der Waals surface area contributed by atoms with Gasteiger partial charge in [-0.15, -0.1) is 0 Å². The number of fused-ring (bicyclic) bond motifs is 1. The molecule has 20 heavy (non-hydrogen) atoms. The summed E-state index contributed by atoms with van der Waals surface area (Å²) in [6.07, 6.45) is 0. The van der Waals surface area contributed by atoms with E-state index in [4.69, 9.17) is 0 Å². The second kappa shape index (κ2) is 5.12. The van der Waals surface area contributed by atoms with Crippen LogP contribution >= 0.6 is 0 Å². The van der Waals surface area contributed by atoms with E-state index in [-0.39, 0.29) is 28.9 Å². The van der Waals surface area contributed by atoms with Gasteiger partial charge in [0.25, 0.3) is 5.56 Å². The van der Waals surface area contributed by atoms with E-state index in [0.29, 0.717) is 0 Å². The average Bonchev–Trinajstić information content (AvgIpc) is 2.41. The van der Waals surface area contributed by atoms with Crippen LogP contribution in [0.5, 0.6) is 0 Å². The van der Waals surface area contributed by atoms with Gasteiger partial charge in [0.1, 0.15) is 12.2 Å². The number of carboxylic acid groups (broad SMARTS) is 1. The SMILES string of the molecule is CN(C)C(=O)Cn1nc(C(=O)[O-])c2ccccc2c1=O. The third-order valence-electron chi connectivity index (χ3n) is 2.84. The second-order valence-corrected chi connectivity index (χ2v) is 4.43. The molecule has 2 rings (SSSR count). The van der Waals surface area contributed by atoms with E-state index in [1.54, 1.807) is 12.1 Å². The summed E-state index contributed by atoms with van der Waals surface area (Å²) in [5, 5.41) is 15.2. The smallest absolute Gasteiger partial charge is 0.275 e. The fourth-order valence-electron chi connectivity index (χ4n) is 1.76. The molecule has 0 N–H and O–H groups in total. The minimum Gasteiger partial charge on any atom is -0.543 e. The Balaban J connectivity index is 2.68. The number of rotatable bonds is 3. The molecule has 0 aliphatic rings. The summed E-state index contributed by atoms with van der Waals surface area (Å²) in [5.74, 6) is -1.86. The highest BCUT2D eigenvalue weighted by Gasteiger charge is 2.14. The third-order valence-corrected chi connectivity index (χ3v) is 2.84. The van der Waals surface area contributed by atoms with Crippen molar-refractivity contribution < 1.29 is 14.7 Å². The minimum absolute atomic E-state index is 0.188. The lowest BCUT2D eigenvalue weighted by Gasteiger charge is -2.13. The molecule has 1 aromatic carbocycles. The number of hydrogen-bond donors (Lipinski definition) is 0. The molecule has 0 radical (unpaired) electrons. The lowest BCUT2D eigenvalue weighted by atomic mass is 10.1. The Morgan fingerprint density at radius 2 is 1.85 bits per heavy atom. The van der Waals surface area contributed by atoms with Crippen molar-refractivity contribution in [3.8, 4) is 0 Å². The molecule has 0 bridgehead atoms. The summed E-state index contributed by atoms with van der Waals surface area (Å²) in [6, 6.07) is 6.18. The van der Waals surface area contributed by atoms with E-state index in [2.05, 4.69) is 5.10 Å². The molecule has 7 nitrogen and oxygen atoms in total. The number of carbonyl (C=O) groups excluding carboxylic acids is 2. The van der Waals surface area contributed by atoms with E-state index in [9.17, 15) is 19.5 Å². The highest BCUT2D eigenvalue weighted by molar-refractivity contribution is 6.00. The van der Waals surface area contributed by atoms with Crippen molar-refractivity contribution in [3.63, 3.8) is 0 Å². The molecule has 0 saturated carbocycles. The first-order chi connectivity index (χ1) is 9.41. The van der Waals surface area contributed by atoms with Crippen molar-refractivity contribution in [1.29, 1.82) is 0 Å². The lowest BCUT2D eigenvalue weighted by molar-refractivity contribution is -0.255. The Kier molecular flexibility index (Phi) is 3.51. The quantitative estimate of drug-likeness (QED) is 0.704. The predicted octanol–water partition coefficient (Wildman–Crippen LogP) is -1.15. The maximum atomic E-state index is 12.2. The van der Waals surface area contributed by atoms with Gasteiger partial charge in [-0.25, -0.2) is 4.68 Å². The fraction of sp³-hybridized carbons (Fsp3) is 0.231. The zero-order valence-electron chi connectivity index (χ0n) is 11.0. The first-order valence-electron chi connectivity index (χ1n) is 5.83. The van der Waals surface area contributed by atoms with Gasteiger partial charge in [0, 0.05) is 19.5 Å². The normalized spacial score (nSPS) is 10.5. The summed E-state index contributed by atoms with van der Waals surface area (Å²) in [7, 11) is 3.07.